The highest BCUT2D eigenvalue weighted by atomic mass is 35.5. The van der Waals surface area contributed by atoms with Crippen molar-refractivity contribution in [2.75, 3.05) is 6.54 Å². The number of ketones is 1. The van der Waals surface area contributed by atoms with E-state index >= 15 is 0 Å². The predicted molar refractivity (Wildman–Crippen MR) is 139 cm³/mol. The fourth-order valence-corrected chi connectivity index (χ4v) is 3.89. The molecule has 14 heteroatoms. The summed E-state index contributed by atoms with van der Waals surface area (Å²) in [5, 5.41) is 6.09. The van der Waals surface area contributed by atoms with Crippen LogP contribution < -0.4 is 16.0 Å². The molecule has 0 radical (unpaired) electrons. The Labute approximate surface area is 236 Å². The lowest BCUT2D eigenvalue weighted by Crippen LogP contribution is -2.58. The Hall–Kier alpha value is -3.51. The minimum Gasteiger partial charge on any atom is -0.344 e. The maximum atomic E-state index is 14.5. The Morgan fingerprint density at radius 2 is 1.48 bits per heavy atom. The van der Waals surface area contributed by atoms with E-state index in [1.807, 2.05) is 0 Å². The van der Waals surface area contributed by atoms with Crippen molar-refractivity contribution in [1.29, 1.82) is 0 Å². The molecule has 2 aromatic carbocycles. The van der Waals surface area contributed by atoms with Gasteiger partial charge in [-0.25, -0.2) is 0 Å². The van der Waals surface area contributed by atoms with Gasteiger partial charge in [0.05, 0.1) is 6.04 Å². The van der Waals surface area contributed by atoms with Crippen molar-refractivity contribution in [3.05, 3.63) is 75.8 Å². The molecule has 0 fully saturated rings. The molecule has 2 aromatic rings. The average Bonchev–Trinajstić information content (AvgIpc) is 2.86. The first-order chi connectivity index (χ1) is 18.5. The number of rotatable bonds is 11. The average molecular weight is 608 g/mol. The van der Waals surface area contributed by atoms with Crippen LogP contribution in [0.1, 0.15) is 31.0 Å². The van der Waals surface area contributed by atoms with Gasteiger partial charge in [0.2, 0.25) is 17.6 Å². The first-order valence-corrected chi connectivity index (χ1v) is 12.3. The van der Waals surface area contributed by atoms with E-state index in [0.717, 1.165) is 11.4 Å². The van der Waals surface area contributed by atoms with Gasteiger partial charge in [0, 0.05) is 16.1 Å². The molecule has 0 bridgehead atoms. The topological polar surface area (TPSA) is 104 Å². The molecule has 2 atom stereocenters. The number of hydrogen-bond donors (Lipinski definition) is 3. The molecule has 0 aliphatic carbocycles. The minimum absolute atomic E-state index is 0.220. The summed E-state index contributed by atoms with van der Waals surface area (Å²) in [7, 11) is 0. The Balaban J connectivity index is 2.27. The van der Waals surface area contributed by atoms with Gasteiger partial charge < -0.3 is 16.0 Å². The van der Waals surface area contributed by atoms with E-state index in [4.69, 9.17) is 23.2 Å². The highest BCUT2D eigenvalue weighted by molar-refractivity contribution is 6.34. The number of benzene rings is 2. The van der Waals surface area contributed by atoms with Gasteiger partial charge in [-0.3, -0.25) is 19.2 Å². The highest BCUT2D eigenvalue weighted by Crippen LogP contribution is 2.23. The third-order valence-corrected chi connectivity index (χ3v) is 5.72. The first kappa shape index (κ1) is 32.7. The van der Waals surface area contributed by atoms with Crippen molar-refractivity contribution in [2.24, 2.45) is 5.92 Å². The maximum absolute atomic E-state index is 14.5. The van der Waals surface area contributed by atoms with Crippen LogP contribution in [0.25, 0.3) is 6.08 Å². The standard InChI is InChI=1S/C26H24Cl2F5N3O4/c1-14(2)20(22(38)26(32,33)24(40)34-13-25(29,30)31)36-23(39)21(16-6-4-3-5-7-16)35-19(37)9-8-15-10-17(27)12-18(28)11-15/h3-12,14,20-21H,13H2,1-2H3,(H,34,40)(H,35,37)(H,36,39). The molecule has 0 aliphatic rings. The van der Waals surface area contributed by atoms with E-state index in [1.54, 1.807) is 6.07 Å². The fourth-order valence-electron chi connectivity index (χ4n) is 3.35. The summed E-state index contributed by atoms with van der Waals surface area (Å²) >= 11 is 11.9. The van der Waals surface area contributed by atoms with Crippen molar-refractivity contribution in [3.8, 4) is 0 Å². The van der Waals surface area contributed by atoms with Gasteiger partial charge in [-0.05, 0) is 41.3 Å². The number of hydrogen-bond acceptors (Lipinski definition) is 4. The summed E-state index contributed by atoms with van der Waals surface area (Å²) in [5.74, 6) is -12.4. The van der Waals surface area contributed by atoms with E-state index in [1.165, 1.54) is 62.4 Å². The van der Waals surface area contributed by atoms with Crippen LogP contribution in [0.15, 0.2) is 54.6 Å². The molecule has 0 aromatic heterocycles. The summed E-state index contributed by atoms with van der Waals surface area (Å²) < 4.78 is 66.1. The summed E-state index contributed by atoms with van der Waals surface area (Å²) in [4.78, 5) is 50.1. The molecule has 3 amide bonds. The van der Waals surface area contributed by atoms with Crippen LogP contribution >= 0.6 is 23.2 Å². The van der Waals surface area contributed by atoms with Gasteiger partial charge in [-0.2, -0.15) is 22.0 Å². The summed E-state index contributed by atoms with van der Waals surface area (Å²) in [6.45, 7) is 0.480. The molecule has 7 nitrogen and oxygen atoms in total. The van der Waals surface area contributed by atoms with Gasteiger partial charge >= 0.3 is 12.1 Å². The molecule has 2 unspecified atom stereocenters. The predicted octanol–water partition coefficient (Wildman–Crippen LogP) is 4.89. The van der Waals surface area contributed by atoms with E-state index < -0.39 is 60.1 Å². The van der Waals surface area contributed by atoms with Crippen LogP contribution in [0.3, 0.4) is 0 Å². The zero-order chi connectivity index (χ0) is 30.3. The van der Waals surface area contributed by atoms with Gasteiger partial charge in [0.25, 0.3) is 5.91 Å². The van der Waals surface area contributed by atoms with Crippen molar-refractivity contribution in [2.45, 2.75) is 38.0 Å². The number of halogens is 7. The summed E-state index contributed by atoms with van der Waals surface area (Å²) in [5.41, 5.74) is 0.682. The zero-order valence-corrected chi connectivity index (χ0v) is 22.5. The second kappa shape index (κ2) is 13.7. The Kier molecular flexibility index (Phi) is 11.2. The normalized spacial score (nSPS) is 13.6. The third-order valence-electron chi connectivity index (χ3n) is 5.28. The Morgan fingerprint density at radius 1 is 0.900 bits per heavy atom. The number of alkyl halides is 5. The molecule has 0 spiro atoms. The molecule has 216 valence electrons. The largest absolute Gasteiger partial charge is 0.405 e. The smallest absolute Gasteiger partial charge is 0.344 e. The monoisotopic (exact) mass is 607 g/mol. The van der Waals surface area contributed by atoms with Crippen LogP contribution in [0, 0.1) is 5.92 Å². The van der Waals surface area contributed by atoms with Crippen molar-refractivity contribution >= 4 is 52.8 Å². The van der Waals surface area contributed by atoms with E-state index in [9.17, 15) is 41.1 Å². The lowest BCUT2D eigenvalue weighted by Gasteiger charge is -2.27. The molecular weight excluding hydrogens is 584 g/mol. The molecule has 3 N–H and O–H groups in total. The number of carbonyl (C=O) groups excluding carboxylic acids is 4. The van der Waals surface area contributed by atoms with Gasteiger partial charge in [-0.15, -0.1) is 0 Å². The summed E-state index contributed by atoms with van der Waals surface area (Å²) in [6.07, 6.45) is -2.57. The molecular formula is C26H24Cl2F5N3O4. The minimum atomic E-state index is -4.99. The number of amides is 3. The SMILES string of the molecule is CC(C)C(NC(=O)C(NC(=O)C=Cc1cc(Cl)cc(Cl)c1)c1ccccc1)C(=O)C(F)(F)C(=O)NCC(F)(F)F. The fraction of sp³-hybridized carbons (Fsp3) is 0.308. The van der Waals surface area contributed by atoms with Crippen LogP contribution in [0.5, 0.6) is 0 Å². The molecule has 0 aliphatic heterocycles. The van der Waals surface area contributed by atoms with Gasteiger partial charge in [0.15, 0.2) is 0 Å². The van der Waals surface area contributed by atoms with Crippen LogP contribution in [-0.4, -0.2) is 48.2 Å². The molecule has 40 heavy (non-hydrogen) atoms. The van der Waals surface area contributed by atoms with Gasteiger partial charge in [0.1, 0.15) is 12.6 Å². The lowest BCUT2D eigenvalue weighted by molar-refractivity contribution is -0.165. The number of carbonyl (C=O) groups is 4. The second-order valence-electron chi connectivity index (χ2n) is 8.86. The van der Waals surface area contributed by atoms with Crippen LogP contribution in [-0.2, 0) is 19.2 Å². The van der Waals surface area contributed by atoms with Gasteiger partial charge in [-0.1, -0.05) is 67.4 Å². The van der Waals surface area contributed by atoms with Crippen LogP contribution in [0.2, 0.25) is 10.0 Å². The number of nitrogens with one attached hydrogen (secondary N) is 3. The molecule has 0 saturated heterocycles. The van der Waals surface area contributed by atoms with E-state index in [2.05, 4.69) is 10.6 Å². The van der Waals surface area contributed by atoms with E-state index in [0.29, 0.717) is 15.6 Å². The Morgan fingerprint density at radius 3 is 2.00 bits per heavy atom. The quantitative estimate of drug-likeness (QED) is 0.192. The highest BCUT2D eigenvalue weighted by Gasteiger charge is 2.52. The van der Waals surface area contributed by atoms with Crippen LogP contribution in [0.4, 0.5) is 22.0 Å². The van der Waals surface area contributed by atoms with Crippen molar-refractivity contribution in [3.63, 3.8) is 0 Å². The lowest BCUT2D eigenvalue weighted by atomic mass is 9.94. The first-order valence-electron chi connectivity index (χ1n) is 11.6. The summed E-state index contributed by atoms with van der Waals surface area (Å²) in [6, 6.07) is 8.63. The third kappa shape index (κ3) is 9.60. The zero-order valence-electron chi connectivity index (χ0n) is 21.0. The molecule has 0 saturated carbocycles. The maximum Gasteiger partial charge on any atom is 0.405 e. The Bertz CT molecular complexity index is 1250. The molecule has 2 rings (SSSR count). The van der Waals surface area contributed by atoms with Crippen molar-refractivity contribution < 1.29 is 41.1 Å². The van der Waals surface area contributed by atoms with Crippen molar-refractivity contribution in [1.82, 2.24) is 16.0 Å². The number of Topliss-reactive ketones (excluding diaryl/α,β-unsaturated/α-hetero) is 1. The van der Waals surface area contributed by atoms with E-state index in [-0.39, 0.29) is 5.56 Å². The molecule has 0 heterocycles. The second-order valence-corrected chi connectivity index (χ2v) is 9.73.